The third-order valence-electron chi connectivity index (χ3n) is 4.65. The summed E-state index contributed by atoms with van der Waals surface area (Å²) in [5.74, 6) is -0.934. The van der Waals surface area contributed by atoms with Gasteiger partial charge in [0.1, 0.15) is 11.6 Å². The van der Waals surface area contributed by atoms with E-state index in [1.807, 2.05) is 13.8 Å². The maximum atomic E-state index is 13.2. The largest absolute Gasteiger partial charge is 0.350 e. The Morgan fingerprint density at radius 3 is 1.91 bits per heavy atom. The molecule has 1 aliphatic rings. The van der Waals surface area contributed by atoms with E-state index in [4.69, 9.17) is 0 Å². The second kappa shape index (κ2) is 5.76. The Hall–Kier alpha value is -2.23. The molecular weight excluding hydrogens is 296 g/mol. The van der Waals surface area contributed by atoms with Crippen molar-refractivity contribution in [3.8, 4) is 0 Å². The van der Waals surface area contributed by atoms with Crippen LogP contribution in [0.2, 0.25) is 0 Å². The lowest BCUT2D eigenvalue weighted by Crippen LogP contribution is -2.54. The predicted molar refractivity (Wildman–Crippen MR) is 85.1 cm³/mol. The van der Waals surface area contributed by atoms with E-state index in [1.165, 1.54) is 24.3 Å². The smallest absolute Gasteiger partial charge is 0.227 e. The van der Waals surface area contributed by atoms with Crippen molar-refractivity contribution in [3.05, 3.63) is 71.3 Å². The molecule has 2 nitrogen and oxygen atoms in total. The molecule has 120 valence electrons. The quantitative estimate of drug-likeness (QED) is 0.887. The van der Waals surface area contributed by atoms with E-state index >= 15 is 0 Å². The third-order valence-corrected chi connectivity index (χ3v) is 4.65. The summed E-state index contributed by atoms with van der Waals surface area (Å²) in [6.45, 7) is 3.94. The summed E-state index contributed by atoms with van der Waals surface area (Å²) in [5, 5.41) is 3.06. The number of carbonyl (C=O) groups excluding carboxylic acids is 1. The zero-order valence-corrected chi connectivity index (χ0v) is 13.1. The number of carbonyl (C=O) groups is 1. The molecule has 2 atom stereocenters. The minimum absolute atomic E-state index is 0.0517. The van der Waals surface area contributed by atoms with E-state index in [2.05, 4.69) is 5.32 Å². The van der Waals surface area contributed by atoms with Crippen molar-refractivity contribution in [2.24, 2.45) is 0 Å². The highest BCUT2D eigenvalue weighted by atomic mass is 19.1. The summed E-state index contributed by atoms with van der Waals surface area (Å²) in [6.07, 6.45) is 0.607. The molecule has 3 rings (SSSR count). The first kappa shape index (κ1) is 15.7. The first-order valence-electron chi connectivity index (χ1n) is 7.70. The predicted octanol–water partition coefficient (Wildman–Crippen LogP) is 4.13. The van der Waals surface area contributed by atoms with Gasteiger partial charge in [0.05, 0.1) is 5.92 Å². The zero-order chi connectivity index (χ0) is 16.6. The van der Waals surface area contributed by atoms with Crippen LogP contribution in [0.5, 0.6) is 0 Å². The number of rotatable bonds is 2. The van der Waals surface area contributed by atoms with Crippen molar-refractivity contribution < 1.29 is 13.6 Å². The molecule has 1 saturated heterocycles. The van der Waals surface area contributed by atoms with Crippen molar-refractivity contribution in [3.63, 3.8) is 0 Å². The van der Waals surface area contributed by atoms with Crippen molar-refractivity contribution in [2.45, 2.75) is 37.6 Å². The molecule has 23 heavy (non-hydrogen) atoms. The number of nitrogens with one attached hydrogen (secondary N) is 1. The van der Waals surface area contributed by atoms with Gasteiger partial charge in [-0.25, -0.2) is 8.78 Å². The summed E-state index contributed by atoms with van der Waals surface area (Å²) in [6, 6.07) is 12.5. The van der Waals surface area contributed by atoms with Gasteiger partial charge < -0.3 is 5.32 Å². The molecule has 1 aliphatic heterocycles. The summed E-state index contributed by atoms with van der Waals surface area (Å²) in [4.78, 5) is 12.5. The fourth-order valence-corrected chi connectivity index (χ4v) is 3.36. The van der Waals surface area contributed by atoms with E-state index in [0.29, 0.717) is 6.42 Å². The van der Waals surface area contributed by atoms with Gasteiger partial charge in [-0.05, 0) is 55.7 Å². The van der Waals surface area contributed by atoms with Crippen LogP contribution in [0.4, 0.5) is 8.78 Å². The molecule has 1 N–H and O–H groups in total. The van der Waals surface area contributed by atoms with Crippen molar-refractivity contribution in [1.29, 1.82) is 0 Å². The van der Waals surface area contributed by atoms with Gasteiger partial charge in [-0.15, -0.1) is 0 Å². The van der Waals surface area contributed by atoms with Gasteiger partial charge in [-0.1, -0.05) is 24.3 Å². The van der Waals surface area contributed by atoms with E-state index in [0.717, 1.165) is 11.1 Å². The highest BCUT2D eigenvalue weighted by Gasteiger charge is 2.42. The van der Waals surface area contributed by atoms with Crippen LogP contribution in [0.25, 0.3) is 0 Å². The molecule has 0 radical (unpaired) electrons. The fraction of sp³-hybridized carbons (Fsp3) is 0.316. The van der Waals surface area contributed by atoms with Gasteiger partial charge >= 0.3 is 0 Å². The summed E-state index contributed by atoms with van der Waals surface area (Å²) >= 11 is 0. The minimum atomic E-state index is -0.425. The van der Waals surface area contributed by atoms with Crippen LogP contribution in [-0.2, 0) is 4.79 Å². The molecule has 2 unspecified atom stereocenters. The van der Waals surface area contributed by atoms with Crippen LogP contribution in [0, 0.1) is 11.6 Å². The Morgan fingerprint density at radius 1 is 0.913 bits per heavy atom. The SMILES string of the molecule is CC1(C)NC(=O)C(c2ccc(F)cc2)CC1c1ccc(F)cc1. The lowest BCUT2D eigenvalue weighted by Gasteiger charge is -2.43. The average molecular weight is 315 g/mol. The zero-order valence-electron chi connectivity index (χ0n) is 13.1. The number of benzene rings is 2. The Labute approximate surface area is 134 Å². The number of amides is 1. The average Bonchev–Trinajstić information content (AvgIpc) is 2.49. The molecule has 2 aromatic carbocycles. The molecular formula is C19H19F2NO. The molecule has 2 aromatic rings. The molecule has 0 spiro atoms. The molecule has 0 aliphatic carbocycles. The first-order valence-corrected chi connectivity index (χ1v) is 7.70. The molecule has 0 aromatic heterocycles. The monoisotopic (exact) mass is 315 g/mol. The Morgan fingerprint density at radius 2 is 1.39 bits per heavy atom. The molecule has 0 bridgehead atoms. The minimum Gasteiger partial charge on any atom is -0.350 e. The fourth-order valence-electron chi connectivity index (χ4n) is 3.36. The maximum Gasteiger partial charge on any atom is 0.227 e. The van der Waals surface area contributed by atoms with Crippen molar-refractivity contribution in [1.82, 2.24) is 5.32 Å². The van der Waals surface area contributed by atoms with Gasteiger partial charge in [0.15, 0.2) is 0 Å². The normalized spacial score (nSPS) is 23.4. The van der Waals surface area contributed by atoms with Gasteiger partial charge in [0.25, 0.3) is 0 Å². The Kier molecular flexibility index (Phi) is 3.92. The highest BCUT2D eigenvalue weighted by Crippen LogP contribution is 2.41. The summed E-state index contributed by atoms with van der Waals surface area (Å²) in [7, 11) is 0. The Bertz CT molecular complexity index is 707. The lowest BCUT2D eigenvalue weighted by molar-refractivity contribution is -0.127. The summed E-state index contributed by atoms with van der Waals surface area (Å²) in [5.41, 5.74) is 1.36. The lowest BCUT2D eigenvalue weighted by atomic mass is 9.71. The maximum absolute atomic E-state index is 13.2. The first-order chi connectivity index (χ1) is 10.9. The number of piperidine rings is 1. The second-order valence-corrected chi connectivity index (χ2v) is 6.65. The van der Waals surface area contributed by atoms with Crippen molar-refractivity contribution in [2.75, 3.05) is 0 Å². The van der Waals surface area contributed by atoms with Gasteiger partial charge in [-0.3, -0.25) is 4.79 Å². The van der Waals surface area contributed by atoms with Gasteiger partial charge in [0.2, 0.25) is 5.91 Å². The van der Waals surface area contributed by atoms with Crippen LogP contribution in [0.15, 0.2) is 48.5 Å². The molecule has 1 fully saturated rings. The van der Waals surface area contributed by atoms with Crippen LogP contribution in [0.1, 0.15) is 43.2 Å². The van der Waals surface area contributed by atoms with E-state index in [9.17, 15) is 13.6 Å². The molecule has 1 amide bonds. The van der Waals surface area contributed by atoms with E-state index in [1.54, 1.807) is 24.3 Å². The topological polar surface area (TPSA) is 29.1 Å². The van der Waals surface area contributed by atoms with E-state index < -0.39 is 5.54 Å². The van der Waals surface area contributed by atoms with Crippen LogP contribution in [-0.4, -0.2) is 11.4 Å². The second-order valence-electron chi connectivity index (χ2n) is 6.65. The Balaban J connectivity index is 1.94. The van der Waals surface area contributed by atoms with Gasteiger partial charge in [0, 0.05) is 11.5 Å². The molecule has 0 saturated carbocycles. The highest BCUT2D eigenvalue weighted by molar-refractivity contribution is 5.85. The third kappa shape index (κ3) is 3.11. The van der Waals surface area contributed by atoms with Crippen LogP contribution < -0.4 is 5.32 Å². The van der Waals surface area contributed by atoms with E-state index in [-0.39, 0.29) is 29.4 Å². The number of hydrogen-bond donors (Lipinski definition) is 1. The summed E-state index contributed by atoms with van der Waals surface area (Å²) < 4.78 is 26.3. The van der Waals surface area contributed by atoms with Crippen LogP contribution >= 0.6 is 0 Å². The molecule has 1 heterocycles. The molecule has 4 heteroatoms. The standard InChI is InChI=1S/C19H19F2NO/c1-19(2)17(13-5-9-15(21)10-6-13)11-16(18(23)22-19)12-3-7-14(20)8-4-12/h3-10,16-17H,11H2,1-2H3,(H,22,23). The van der Waals surface area contributed by atoms with Crippen LogP contribution in [0.3, 0.4) is 0 Å². The number of hydrogen-bond acceptors (Lipinski definition) is 1. The van der Waals surface area contributed by atoms with Crippen molar-refractivity contribution >= 4 is 5.91 Å². The number of halogens is 2. The van der Waals surface area contributed by atoms with Gasteiger partial charge in [-0.2, -0.15) is 0 Å².